The molecule has 0 aromatic carbocycles. The summed E-state index contributed by atoms with van der Waals surface area (Å²) in [5.74, 6) is -0.0690. The molecule has 1 atom stereocenters. The lowest BCUT2D eigenvalue weighted by Crippen LogP contribution is -2.28. The van der Waals surface area contributed by atoms with Crippen LogP contribution >= 0.6 is 0 Å². The summed E-state index contributed by atoms with van der Waals surface area (Å²) in [5, 5.41) is 4.12. The Balaban J connectivity index is 2.15. The maximum atomic E-state index is 11.8. The van der Waals surface area contributed by atoms with Crippen LogP contribution in [0.25, 0.3) is 0 Å². The van der Waals surface area contributed by atoms with Crippen LogP contribution in [0.1, 0.15) is 13.8 Å². The Bertz CT molecular complexity index is 467. The largest absolute Gasteiger partial charge is 0.340 e. The summed E-state index contributed by atoms with van der Waals surface area (Å²) in [4.78, 5) is 26.8. The first-order valence-corrected chi connectivity index (χ1v) is 5.96. The summed E-state index contributed by atoms with van der Waals surface area (Å²) >= 11 is 0. The molecule has 2 aliphatic heterocycles. The molecule has 1 saturated heterocycles. The van der Waals surface area contributed by atoms with Gasteiger partial charge in [-0.1, -0.05) is 6.92 Å². The summed E-state index contributed by atoms with van der Waals surface area (Å²) in [6.07, 6.45) is 0. The van der Waals surface area contributed by atoms with E-state index in [-0.39, 0.29) is 17.7 Å². The zero-order chi connectivity index (χ0) is 13.4. The van der Waals surface area contributed by atoms with Gasteiger partial charge >= 0.3 is 0 Å². The first kappa shape index (κ1) is 12.6. The van der Waals surface area contributed by atoms with E-state index in [4.69, 9.17) is 0 Å². The third kappa shape index (κ3) is 1.98. The smallest absolute Gasteiger partial charge is 0.271 e. The molecule has 0 spiro atoms. The fourth-order valence-electron chi connectivity index (χ4n) is 2.28. The van der Waals surface area contributed by atoms with Gasteiger partial charge in [0.25, 0.3) is 11.8 Å². The van der Waals surface area contributed by atoms with Crippen LogP contribution in [0.3, 0.4) is 0 Å². The standard InChI is InChI=1S/C12H18N4O2/c1-7-5-15(3)11(17)9(7)13-14-10-8(2)6-16(4)12(10)18/h7,14H,5-6H2,1-4H3/b13-9-. The molecule has 1 unspecified atom stereocenters. The Morgan fingerprint density at radius 1 is 1.22 bits per heavy atom. The molecule has 2 aliphatic rings. The topological polar surface area (TPSA) is 65.0 Å². The molecular weight excluding hydrogens is 232 g/mol. The molecule has 0 aromatic rings. The highest BCUT2D eigenvalue weighted by Gasteiger charge is 2.32. The van der Waals surface area contributed by atoms with Gasteiger partial charge in [0, 0.05) is 33.1 Å². The lowest BCUT2D eigenvalue weighted by molar-refractivity contribution is -0.124. The van der Waals surface area contributed by atoms with E-state index >= 15 is 0 Å². The number of likely N-dealkylation sites (tertiary alicyclic amines) is 1. The molecule has 0 aliphatic carbocycles. The van der Waals surface area contributed by atoms with Gasteiger partial charge in [-0.2, -0.15) is 5.10 Å². The molecule has 98 valence electrons. The molecule has 2 rings (SSSR count). The number of amides is 2. The number of hydrazone groups is 1. The van der Waals surface area contributed by atoms with Crippen LogP contribution in [0.15, 0.2) is 16.4 Å². The second-order valence-corrected chi connectivity index (χ2v) is 5.01. The highest BCUT2D eigenvalue weighted by molar-refractivity contribution is 6.41. The molecule has 6 nitrogen and oxygen atoms in total. The van der Waals surface area contributed by atoms with Crippen molar-refractivity contribution in [2.75, 3.05) is 27.2 Å². The van der Waals surface area contributed by atoms with Gasteiger partial charge in [0.15, 0.2) is 0 Å². The van der Waals surface area contributed by atoms with E-state index in [9.17, 15) is 9.59 Å². The average molecular weight is 250 g/mol. The van der Waals surface area contributed by atoms with Crippen molar-refractivity contribution in [2.24, 2.45) is 11.0 Å². The number of likely N-dealkylation sites (N-methyl/N-ethyl adjacent to an activating group) is 1. The van der Waals surface area contributed by atoms with Crippen molar-refractivity contribution in [2.45, 2.75) is 13.8 Å². The molecule has 1 fully saturated rings. The summed E-state index contributed by atoms with van der Waals surface area (Å²) in [7, 11) is 3.49. The average Bonchev–Trinajstić information content (AvgIpc) is 2.67. The molecule has 6 heteroatoms. The SMILES string of the molecule is CC1=C(N/N=C2\C(=O)N(C)CC2C)C(=O)N(C)C1. The molecule has 2 amide bonds. The normalized spacial score (nSPS) is 26.9. The molecule has 0 bridgehead atoms. The van der Waals surface area contributed by atoms with Crippen molar-refractivity contribution < 1.29 is 9.59 Å². The maximum Gasteiger partial charge on any atom is 0.271 e. The van der Waals surface area contributed by atoms with Gasteiger partial charge < -0.3 is 9.80 Å². The first-order chi connectivity index (χ1) is 8.41. The number of carbonyl (C=O) groups excluding carboxylic acids is 2. The summed E-state index contributed by atoms with van der Waals surface area (Å²) in [6, 6.07) is 0. The predicted octanol–water partition coefficient (Wildman–Crippen LogP) is -0.214. The quantitative estimate of drug-likeness (QED) is 0.689. The van der Waals surface area contributed by atoms with E-state index in [0.717, 1.165) is 5.57 Å². The van der Waals surface area contributed by atoms with E-state index < -0.39 is 0 Å². The molecular formula is C12H18N4O2. The Morgan fingerprint density at radius 2 is 1.89 bits per heavy atom. The Hall–Kier alpha value is -1.85. The van der Waals surface area contributed by atoms with Gasteiger partial charge in [0.2, 0.25) is 0 Å². The Morgan fingerprint density at radius 3 is 2.33 bits per heavy atom. The molecule has 18 heavy (non-hydrogen) atoms. The van der Waals surface area contributed by atoms with Crippen LogP contribution in [0.2, 0.25) is 0 Å². The lowest BCUT2D eigenvalue weighted by atomic mass is 10.1. The van der Waals surface area contributed by atoms with E-state index in [0.29, 0.717) is 24.5 Å². The monoisotopic (exact) mass is 250 g/mol. The molecule has 0 radical (unpaired) electrons. The minimum absolute atomic E-state index is 0.0768. The zero-order valence-corrected chi connectivity index (χ0v) is 11.1. The summed E-state index contributed by atoms with van der Waals surface area (Å²) < 4.78 is 0. The predicted molar refractivity (Wildman–Crippen MR) is 67.7 cm³/mol. The van der Waals surface area contributed by atoms with Crippen molar-refractivity contribution in [3.05, 3.63) is 11.3 Å². The van der Waals surface area contributed by atoms with Crippen molar-refractivity contribution in [3.8, 4) is 0 Å². The number of nitrogens with zero attached hydrogens (tertiary/aromatic N) is 3. The van der Waals surface area contributed by atoms with Gasteiger partial charge in [0.1, 0.15) is 11.4 Å². The molecule has 2 heterocycles. The number of rotatable bonds is 2. The van der Waals surface area contributed by atoms with Gasteiger partial charge in [0.05, 0.1) is 0 Å². The minimum Gasteiger partial charge on any atom is -0.340 e. The van der Waals surface area contributed by atoms with E-state index in [1.165, 1.54) is 0 Å². The molecule has 0 aromatic heterocycles. The van der Waals surface area contributed by atoms with Crippen LogP contribution in [-0.4, -0.2) is 54.5 Å². The fraction of sp³-hybridized carbons (Fsp3) is 0.583. The van der Waals surface area contributed by atoms with Crippen LogP contribution < -0.4 is 5.43 Å². The third-order valence-electron chi connectivity index (χ3n) is 3.33. The van der Waals surface area contributed by atoms with Crippen LogP contribution in [0, 0.1) is 5.92 Å². The van der Waals surface area contributed by atoms with Gasteiger partial charge in [-0.25, -0.2) is 0 Å². The van der Waals surface area contributed by atoms with E-state index in [2.05, 4.69) is 10.5 Å². The maximum absolute atomic E-state index is 11.8. The minimum atomic E-state index is -0.0803. The summed E-state index contributed by atoms with van der Waals surface area (Å²) in [6.45, 7) is 5.11. The second-order valence-electron chi connectivity index (χ2n) is 5.01. The van der Waals surface area contributed by atoms with Crippen LogP contribution in [-0.2, 0) is 9.59 Å². The van der Waals surface area contributed by atoms with E-state index in [1.54, 1.807) is 23.9 Å². The van der Waals surface area contributed by atoms with Crippen LogP contribution in [0.5, 0.6) is 0 Å². The number of nitrogens with one attached hydrogen (secondary N) is 1. The van der Waals surface area contributed by atoms with Gasteiger partial charge in [-0.05, 0) is 12.5 Å². The van der Waals surface area contributed by atoms with Crippen molar-refractivity contribution in [3.63, 3.8) is 0 Å². The molecule has 1 N–H and O–H groups in total. The zero-order valence-electron chi connectivity index (χ0n) is 11.1. The van der Waals surface area contributed by atoms with E-state index in [1.807, 2.05) is 13.8 Å². The summed E-state index contributed by atoms with van der Waals surface area (Å²) in [5.41, 5.74) is 4.68. The second kappa shape index (κ2) is 4.44. The Kier molecular flexibility index (Phi) is 3.11. The first-order valence-electron chi connectivity index (χ1n) is 5.96. The van der Waals surface area contributed by atoms with Crippen molar-refractivity contribution in [1.82, 2.24) is 15.2 Å². The van der Waals surface area contributed by atoms with Crippen LogP contribution in [0.4, 0.5) is 0 Å². The van der Waals surface area contributed by atoms with Crippen molar-refractivity contribution in [1.29, 1.82) is 0 Å². The fourth-order valence-corrected chi connectivity index (χ4v) is 2.28. The Labute approximate surface area is 106 Å². The lowest BCUT2D eigenvalue weighted by Gasteiger charge is -2.08. The third-order valence-corrected chi connectivity index (χ3v) is 3.33. The highest BCUT2D eigenvalue weighted by Crippen LogP contribution is 2.16. The van der Waals surface area contributed by atoms with Gasteiger partial charge in [-0.15, -0.1) is 0 Å². The number of carbonyl (C=O) groups is 2. The van der Waals surface area contributed by atoms with Gasteiger partial charge in [-0.3, -0.25) is 15.0 Å². The number of hydrogen-bond acceptors (Lipinski definition) is 4. The molecule has 0 saturated carbocycles. The van der Waals surface area contributed by atoms with Crippen molar-refractivity contribution >= 4 is 17.5 Å². The number of hydrogen-bond donors (Lipinski definition) is 1. The highest BCUT2D eigenvalue weighted by atomic mass is 16.2.